The molecule has 114 valence electrons. The maximum absolute atomic E-state index is 12.8. The summed E-state index contributed by atoms with van der Waals surface area (Å²) in [4.78, 5) is 15.6. The number of likely N-dealkylation sites (N-methyl/N-ethyl adjacent to an activating group) is 1. The maximum Gasteiger partial charge on any atom is 0.246 e. The van der Waals surface area contributed by atoms with Crippen molar-refractivity contribution in [2.45, 2.75) is 23.8 Å². The summed E-state index contributed by atoms with van der Waals surface area (Å²) in [6, 6.07) is 2.19. The van der Waals surface area contributed by atoms with Gasteiger partial charge < -0.3 is 11.1 Å². The number of amides is 1. The number of nitrogens with zero attached hydrogens (tertiary/aromatic N) is 2. The number of carbonyl (C=O) groups is 1. The van der Waals surface area contributed by atoms with E-state index in [1.54, 1.807) is 0 Å². The molecule has 1 fully saturated rings. The molecular formula is C12H16N4O3S2. The molecule has 1 unspecified atom stereocenters. The molecule has 0 saturated carbocycles. The Morgan fingerprint density at radius 2 is 2.29 bits per heavy atom. The second-order valence-corrected chi connectivity index (χ2v) is 6.90. The lowest BCUT2D eigenvalue weighted by Gasteiger charge is -2.23. The van der Waals surface area contributed by atoms with Gasteiger partial charge in [-0.1, -0.05) is 12.2 Å². The number of pyridine rings is 1. The molecule has 1 aliphatic heterocycles. The number of aromatic nitrogens is 1. The lowest BCUT2D eigenvalue weighted by atomic mass is 10.2. The van der Waals surface area contributed by atoms with E-state index in [4.69, 9.17) is 18.0 Å². The summed E-state index contributed by atoms with van der Waals surface area (Å²) < 4.78 is 26.7. The number of nitrogens with two attached hydrogens (primary N) is 1. The van der Waals surface area contributed by atoms with Gasteiger partial charge in [0, 0.05) is 19.8 Å². The predicted octanol–water partition coefficient (Wildman–Crippen LogP) is -0.385. The van der Waals surface area contributed by atoms with Crippen LogP contribution < -0.4 is 11.1 Å². The van der Waals surface area contributed by atoms with Gasteiger partial charge in [0.15, 0.2) is 0 Å². The highest BCUT2D eigenvalue weighted by molar-refractivity contribution is 7.89. The Bertz CT molecular complexity index is 675. The molecular weight excluding hydrogens is 312 g/mol. The minimum Gasteiger partial charge on any atom is -0.388 e. The SMILES string of the molecule is CNC(=O)C1CCCN1S(=O)(=O)c1cccnc1C(N)=S. The number of sulfonamides is 1. The van der Waals surface area contributed by atoms with Gasteiger partial charge in [-0.25, -0.2) is 8.42 Å². The van der Waals surface area contributed by atoms with E-state index in [9.17, 15) is 13.2 Å². The summed E-state index contributed by atoms with van der Waals surface area (Å²) in [7, 11) is -2.39. The zero-order chi connectivity index (χ0) is 15.6. The number of rotatable bonds is 4. The third-order valence-electron chi connectivity index (χ3n) is 3.34. The van der Waals surface area contributed by atoms with Gasteiger partial charge in [0.25, 0.3) is 0 Å². The van der Waals surface area contributed by atoms with Crippen molar-refractivity contribution < 1.29 is 13.2 Å². The Balaban J connectivity index is 2.48. The Kier molecular flexibility index (Phi) is 4.55. The molecule has 0 bridgehead atoms. The number of thiocarbonyl (C=S) groups is 1. The van der Waals surface area contributed by atoms with Gasteiger partial charge in [0.2, 0.25) is 15.9 Å². The normalized spacial score (nSPS) is 19.4. The Morgan fingerprint density at radius 3 is 2.90 bits per heavy atom. The second-order valence-electron chi connectivity index (χ2n) is 4.60. The zero-order valence-corrected chi connectivity index (χ0v) is 13.1. The van der Waals surface area contributed by atoms with Crippen LogP contribution in [0.25, 0.3) is 0 Å². The van der Waals surface area contributed by atoms with Crippen molar-refractivity contribution in [3.63, 3.8) is 0 Å². The zero-order valence-electron chi connectivity index (χ0n) is 11.4. The largest absolute Gasteiger partial charge is 0.388 e. The van der Waals surface area contributed by atoms with Crippen LogP contribution in [0.5, 0.6) is 0 Å². The average molecular weight is 328 g/mol. The maximum atomic E-state index is 12.8. The highest BCUT2D eigenvalue weighted by atomic mass is 32.2. The molecule has 21 heavy (non-hydrogen) atoms. The first-order chi connectivity index (χ1) is 9.89. The highest BCUT2D eigenvalue weighted by Crippen LogP contribution is 2.27. The van der Waals surface area contributed by atoms with Crippen LogP contribution >= 0.6 is 12.2 Å². The summed E-state index contributed by atoms with van der Waals surface area (Å²) in [6.07, 6.45) is 2.54. The first kappa shape index (κ1) is 15.8. The van der Waals surface area contributed by atoms with Crippen molar-refractivity contribution in [2.75, 3.05) is 13.6 Å². The van der Waals surface area contributed by atoms with Crippen LogP contribution in [0.3, 0.4) is 0 Å². The summed E-state index contributed by atoms with van der Waals surface area (Å²) in [5.41, 5.74) is 5.59. The Labute approximate surface area is 128 Å². The lowest BCUT2D eigenvalue weighted by Crippen LogP contribution is -2.45. The van der Waals surface area contributed by atoms with Gasteiger partial charge in [-0.2, -0.15) is 4.31 Å². The third kappa shape index (κ3) is 2.89. The van der Waals surface area contributed by atoms with Gasteiger partial charge in [0.05, 0.1) is 0 Å². The molecule has 2 heterocycles. The van der Waals surface area contributed by atoms with Crippen molar-refractivity contribution >= 4 is 33.1 Å². The molecule has 0 spiro atoms. The molecule has 9 heteroatoms. The molecule has 0 aliphatic carbocycles. The van der Waals surface area contributed by atoms with Crippen molar-refractivity contribution in [1.82, 2.24) is 14.6 Å². The predicted molar refractivity (Wildman–Crippen MR) is 81.1 cm³/mol. The van der Waals surface area contributed by atoms with Crippen LogP contribution in [0.4, 0.5) is 0 Å². The fourth-order valence-corrected chi connectivity index (χ4v) is 4.41. The molecule has 0 aromatic carbocycles. The second kappa shape index (κ2) is 6.04. The number of nitrogens with one attached hydrogen (secondary N) is 1. The van der Waals surface area contributed by atoms with Crippen LogP contribution in [0.15, 0.2) is 23.2 Å². The molecule has 1 aromatic heterocycles. The van der Waals surface area contributed by atoms with Crippen LogP contribution in [-0.4, -0.2) is 48.2 Å². The molecule has 7 nitrogen and oxygen atoms in total. The lowest BCUT2D eigenvalue weighted by molar-refractivity contribution is -0.123. The van der Waals surface area contributed by atoms with E-state index in [-0.39, 0.29) is 28.0 Å². The van der Waals surface area contributed by atoms with Gasteiger partial charge in [-0.15, -0.1) is 0 Å². The van der Waals surface area contributed by atoms with Crippen LogP contribution in [0, 0.1) is 0 Å². The topological polar surface area (TPSA) is 105 Å². The monoisotopic (exact) mass is 328 g/mol. The quantitative estimate of drug-likeness (QED) is 0.730. The highest BCUT2D eigenvalue weighted by Gasteiger charge is 2.40. The minimum absolute atomic E-state index is 0.0510. The van der Waals surface area contributed by atoms with Crippen LogP contribution in [0.1, 0.15) is 18.5 Å². The first-order valence-electron chi connectivity index (χ1n) is 6.38. The molecule has 1 saturated heterocycles. The van der Waals surface area contributed by atoms with E-state index in [0.717, 1.165) is 0 Å². The number of carbonyl (C=O) groups excluding carboxylic acids is 1. The molecule has 1 aromatic rings. The smallest absolute Gasteiger partial charge is 0.246 e. The average Bonchev–Trinajstić information content (AvgIpc) is 2.96. The third-order valence-corrected chi connectivity index (χ3v) is 5.48. The Hall–Kier alpha value is -1.58. The van der Waals surface area contributed by atoms with E-state index in [2.05, 4.69) is 10.3 Å². The van der Waals surface area contributed by atoms with Gasteiger partial charge >= 0.3 is 0 Å². The summed E-state index contributed by atoms with van der Waals surface area (Å²) in [5.74, 6) is -0.322. The molecule has 1 atom stereocenters. The van der Waals surface area contributed by atoms with Crippen LogP contribution in [-0.2, 0) is 14.8 Å². The number of hydrogen-bond donors (Lipinski definition) is 2. The van der Waals surface area contributed by atoms with Crippen molar-refractivity contribution in [3.05, 3.63) is 24.0 Å². The van der Waals surface area contributed by atoms with Crippen LogP contribution in [0.2, 0.25) is 0 Å². The van der Waals surface area contributed by atoms with E-state index < -0.39 is 16.1 Å². The van der Waals surface area contributed by atoms with Crippen molar-refractivity contribution in [3.8, 4) is 0 Å². The van der Waals surface area contributed by atoms with E-state index in [0.29, 0.717) is 12.8 Å². The molecule has 1 amide bonds. The fraction of sp³-hybridized carbons (Fsp3) is 0.417. The summed E-state index contributed by atoms with van der Waals surface area (Å²) >= 11 is 4.85. The van der Waals surface area contributed by atoms with E-state index in [1.807, 2.05) is 0 Å². The fourth-order valence-electron chi connectivity index (χ4n) is 2.37. The molecule has 0 radical (unpaired) electrons. The van der Waals surface area contributed by atoms with Crippen molar-refractivity contribution in [1.29, 1.82) is 0 Å². The molecule has 3 N–H and O–H groups in total. The van der Waals surface area contributed by atoms with Gasteiger partial charge in [-0.3, -0.25) is 9.78 Å². The van der Waals surface area contributed by atoms with Gasteiger partial charge in [-0.05, 0) is 25.0 Å². The summed E-state index contributed by atoms with van der Waals surface area (Å²) in [5, 5.41) is 2.49. The standard InChI is InChI=1S/C12H16N4O3S2/c1-14-12(17)8-4-3-7-16(8)21(18,19)9-5-2-6-15-10(9)11(13)20/h2,5-6,8H,3-4,7H2,1H3,(H2,13,20)(H,14,17). The van der Waals surface area contributed by atoms with E-state index >= 15 is 0 Å². The molecule has 2 rings (SSSR count). The minimum atomic E-state index is -3.88. The number of hydrogen-bond acceptors (Lipinski definition) is 5. The summed E-state index contributed by atoms with van der Waals surface area (Å²) in [6.45, 7) is 0.284. The van der Waals surface area contributed by atoms with Gasteiger partial charge in [0.1, 0.15) is 21.6 Å². The van der Waals surface area contributed by atoms with Crippen molar-refractivity contribution in [2.24, 2.45) is 5.73 Å². The first-order valence-corrected chi connectivity index (χ1v) is 8.22. The molecule has 1 aliphatic rings. The van der Waals surface area contributed by atoms with E-state index in [1.165, 1.54) is 29.7 Å². The Morgan fingerprint density at radius 1 is 1.57 bits per heavy atom.